The second kappa shape index (κ2) is 3.41. The van der Waals surface area contributed by atoms with Crippen LogP contribution in [-0.2, 0) is 0 Å². The Morgan fingerprint density at radius 3 is 2.79 bits per heavy atom. The summed E-state index contributed by atoms with van der Waals surface area (Å²) in [5, 5.41) is 5.69. The van der Waals surface area contributed by atoms with Crippen LogP contribution in [0.5, 0.6) is 0 Å². The van der Waals surface area contributed by atoms with E-state index in [9.17, 15) is 0 Å². The Morgan fingerprint density at radius 2 is 1.86 bits per heavy atom. The molecule has 0 aliphatic carbocycles. The molecular weight excluding hydrogens is 238 g/mol. The predicted octanol–water partition coefficient (Wildman–Crippen LogP) is -0.0657. The van der Waals surface area contributed by atoms with Gasteiger partial charge in [-0.15, -0.1) is 0 Å². The second-order valence-corrected chi connectivity index (χ2v) is 3.14. The van der Waals surface area contributed by atoms with Gasteiger partial charge in [-0.05, 0) is 18.2 Å². The van der Waals surface area contributed by atoms with Gasteiger partial charge in [0, 0.05) is 17.5 Å². The standard InChI is InChI=1S/C12H8N.BrH/c1-2-4-10-9(3-1)5-6-12-11(10)7-8-13-12;/h1-6,8,13H;1H/q+1;/p-1. The molecule has 2 aromatic rings. The summed E-state index contributed by atoms with van der Waals surface area (Å²) in [6, 6.07) is 12.6. The molecule has 2 heteroatoms. The molecule has 1 heterocycles. The average Bonchev–Trinajstić information content (AvgIpc) is 2.65. The Bertz CT molecular complexity index is 503. The van der Waals surface area contributed by atoms with Crippen molar-refractivity contribution in [3.05, 3.63) is 54.2 Å². The summed E-state index contributed by atoms with van der Waals surface area (Å²) in [5.74, 6) is 0. The van der Waals surface area contributed by atoms with Crippen molar-refractivity contribution in [2.45, 2.75) is 0 Å². The van der Waals surface area contributed by atoms with Crippen molar-refractivity contribution in [2.75, 3.05) is 5.32 Å². The van der Waals surface area contributed by atoms with Crippen LogP contribution >= 0.6 is 0 Å². The molecule has 1 N–H and O–H groups in total. The highest BCUT2D eigenvalue weighted by Gasteiger charge is 2.18. The number of fused-ring (bicyclic) bond motifs is 3. The van der Waals surface area contributed by atoms with Gasteiger partial charge in [-0.3, -0.25) is 5.32 Å². The fourth-order valence-corrected chi connectivity index (χ4v) is 1.73. The Morgan fingerprint density at radius 1 is 1.00 bits per heavy atom. The van der Waals surface area contributed by atoms with Crippen molar-refractivity contribution >= 4 is 16.5 Å². The van der Waals surface area contributed by atoms with Crippen LogP contribution < -0.4 is 22.3 Å². The molecule has 0 bridgehead atoms. The van der Waals surface area contributed by atoms with Gasteiger partial charge in [0.25, 0.3) is 0 Å². The normalized spacial score (nSPS) is 11.4. The van der Waals surface area contributed by atoms with E-state index < -0.39 is 0 Å². The van der Waals surface area contributed by atoms with E-state index in [2.05, 4.69) is 47.8 Å². The van der Waals surface area contributed by atoms with Crippen LogP contribution in [0.25, 0.3) is 10.8 Å². The van der Waals surface area contributed by atoms with E-state index in [0.717, 1.165) is 5.69 Å². The van der Waals surface area contributed by atoms with Gasteiger partial charge in [0.2, 0.25) is 5.56 Å². The number of rotatable bonds is 0. The summed E-state index contributed by atoms with van der Waals surface area (Å²) in [5.41, 5.74) is 2.33. The molecule has 0 spiro atoms. The van der Waals surface area contributed by atoms with Gasteiger partial charge >= 0.3 is 0 Å². The maximum Gasteiger partial charge on any atom is 0.222 e. The van der Waals surface area contributed by atoms with Gasteiger partial charge < -0.3 is 17.0 Å². The topological polar surface area (TPSA) is 12.0 Å². The van der Waals surface area contributed by atoms with E-state index in [4.69, 9.17) is 0 Å². The molecule has 0 aromatic heterocycles. The summed E-state index contributed by atoms with van der Waals surface area (Å²) in [4.78, 5) is 0. The van der Waals surface area contributed by atoms with E-state index >= 15 is 0 Å². The lowest BCUT2D eigenvalue weighted by Gasteiger charge is -1.94. The van der Waals surface area contributed by atoms with Crippen molar-refractivity contribution in [2.24, 2.45) is 0 Å². The number of benzene rings is 2. The van der Waals surface area contributed by atoms with E-state index in [1.165, 1.54) is 16.3 Å². The molecule has 1 nitrogen and oxygen atoms in total. The first kappa shape index (κ1) is 9.20. The number of anilines is 1. The van der Waals surface area contributed by atoms with Gasteiger partial charge in [0.1, 0.15) is 11.6 Å². The molecule has 0 fully saturated rings. The first-order valence-electron chi connectivity index (χ1n) is 4.32. The molecule has 0 radical (unpaired) electrons. The fourth-order valence-electron chi connectivity index (χ4n) is 1.73. The Hall–Kier alpha value is -1.37. The Balaban J connectivity index is 0.000000750. The molecule has 1 aliphatic rings. The highest BCUT2D eigenvalue weighted by Crippen LogP contribution is 2.29. The van der Waals surface area contributed by atoms with Crippen molar-refractivity contribution in [3.8, 4) is 0 Å². The van der Waals surface area contributed by atoms with Crippen molar-refractivity contribution in [3.63, 3.8) is 0 Å². The van der Waals surface area contributed by atoms with E-state index in [0.29, 0.717) is 0 Å². The SMILES string of the molecule is [Br-].[C+]1=CNc2ccc3ccccc3c21. The molecule has 68 valence electrons. The molecule has 0 atom stereocenters. The lowest BCUT2D eigenvalue weighted by molar-refractivity contribution is -0.00000243. The lowest BCUT2D eigenvalue weighted by Crippen LogP contribution is -3.00. The van der Waals surface area contributed by atoms with Crippen molar-refractivity contribution in [1.29, 1.82) is 0 Å². The number of halogens is 1. The third-order valence-electron chi connectivity index (χ3n) is 2.37. The zero-order chi connectivity index (χ0) is 8.67. The van der Waals surface area contributed by atoms with Gasteiger partial charge in [-0.25, -0.2) is 0 Å². The van der Waals surface area contributed by atoms with Crippen LogP contribution in [0.4, 0.5) is 5.69 Å². The summed E-state index contributed by atoms with van der Waals surface area (Å²) >= 11 is 0. The van der Waals surface area contributed by atoms with Gasteiger partial charge in [0.15, 0.2) is 5.69 Å². The van der Waals surface area contributed by atoms with Gasteiger partial charge in [-0.2, -0.15) is 0 Å². The maximum atomic E-state index is 3.21. The first-order chi connectivity index (χ1) is 6.45. The van der Waals surface area contributed by atoms with Crippen molar-refractivity contribution < 1.29 is 17.0 Å². The molecule has 0 saturated heterocycles. The highest BCUT2D eigenvalue weighted by molar-refractivity contribution is 5.92. The molecule has 2 aromatic carbocycles. The third kappa shape index (κ3) is 1.20. The van der Waals surface area contributed by atoms with Crippen LogP contribution in [0.2, 0.25) is 0 Å². The minimum Gasteiger partial charge on any atom is -1.00 e. The van der Waals surface area contributed by atoms with Crippen LogP contribution in [0.1, 0.15) is 5.56 Å². The zero-order valence-corrected chi connectivity index (χ0v) is 9.01. The van der Waals surface area contributed by atoms with Gasteiger partial charge in [-0.1, -0.05) is 6.07 Å². The summed E-state index contributed by atoms with van der Waals surface area (Å²) < 4.78 is 0. The molecular formula is C12H8BrN. The van der Waals surface area contributed by atoms with Crippen LogP contribution in [0, 0.1) is 6.08 Å². The monoisotopic (exact) mass is 245 g/mol. The molecule has 14 heavy (non-hydrogen) atoms. The van der Waals surface area contributed by atoms with E-state index in [1.54, 1.807) is 0 Å². The Labute approximate surface area is 93.2 Å². The Kier molecular flexibility index (Phi) is 2.24. The summed E-state index contributed by atoms with van der Waals surface area (Å²) in [6.07, 6.45) is 5.07. The maximum absolute atomic E-state index is 3.21. The van der Waals surface area contributed by atoms with Crippen LogP contribution in [-0.4, -0.2) is 0 Å². The third-order valence-corrected chi connectivity index (χ3v) is 2.37. The summed E-state index contributed by atoms with van der Waals surface area (Å²) in [7, 11) is 0. The average molecular weight is 246 g/mol. The lowest BCUT2D eigenvalue weighted by atomic mass is 10.0. The van der Waals surface area contributed by atoms with E-state index in [-0.39, 0.29) is 17.0 Å². The van der Waals surface area contributed by atoms with E-state index in [1.807, 2.05) is 6.20 Å². The van der Waals surface area contributed by atoms with Crippen molar-refractivity contribution in [1.82, 2.24) is 0 Å². The highest BCUT2D eigenvalue weighted by atomic mass is 79.9. The largest absolute Gasteiger partial charge is 1.00 e. The molecule has 0 saturated carbocycles. The molecule has 0 unspecified atom stereocenters. The molecule has 0 amide bonds. The quantitative estimate of drug-likeness (QED) is 0.642. The molecule has 3 rings (SSSR count). The minimum absolute atomic E-state index is 0. The molecule has 1 aliphatic heterocycles. The zero-order valence-electron chi connectivity index (χ0n) is 7.42. The number of nitrogens with one attached hydrogen (secondary N) is 1. The first-order valence-corrected chi connectivity index (χ1v) is 4.32. The van der Waals surface area contributed by atoms with Gasteiger partial charge in [0.05, 0.1) is 6.08 Å². The minimum atomic E-state index is 0. The predicted molar refractivity (Wildman–Crippen MR) is 54.5 cm³/mol. The number of hydrogen-bond donors (Lipinski definition) is 1. The van der Waals surface area contributed by atoms with Crippen LogP contribution in [0.3, 0.4) is 0 Å². The smallest absolute Gasteiger partial charge is 0.222 e. The number of hydrogen-bond acceptors (Lipinski definition) is 1. The second-order valence-electron chi connectivity index (χ2n) is 3.14. The summed E-state index contributed by atoms with van der Waals surface area (Å²) in [6.45, 7) is 0. The fraction of sp³-hybridized carbons (Fsp3) is 0. The van der Waals surface area contributed by atoms with Crippen LogP contribution in [0.15, 0.2) is 42.6 Å².